The van der Waals surface area contributed by atoms with Crippen molar-refractivity contribution in [2.24, 2.45) is 0 Å². The van der Waals surface area contributed by atoms with Crippen LogP contribution < -0.4 is 10.1 Å². The van der Waals surface area contributed by atoms with E-state index in [2.05, 4.69) is 10.3 Å². The van der Waals surface area contributed by atoms with E-state index in [1.54, 1.807) is 21.0 Å². The van der Waals surface area contributed by atoms with Gasteiger partial charge in [0.15, 0.2) is 0 Å². The molecule has 140 valence electrons. The highest BCUT2D eigenvalue weighted by atomic mass is 32.2. The van der Waals surface area contributed by atoms with Crippen molar-refractivity contribution in [2.75, 3.05) is 12.9 Å². The minimum atomic E-state index is -0.714. The Hall–Kier alpha value is -2.28. The number of fused-ring (bicyclic) bond motifs is 1. The Bertz CT molecular complexity index is 807. The topological polar surface area (TPSA) is 77.5 Å². The van der Waals surface area contributed by atoms with Gasteiger partial charge < -0.3 is 14.8 Å². The lowest BCUT2D eigenvalue weighted by atomic mass is 10.2. The van der Waals surface area contributed by atoms with Gasteiger partial charge in [-0.1, -0.05) is 0 Å². The summed E-state index contributed by atoms with van der Waals surface area (Å²) in [6, 6.07) is 6.94. The molecule has 7 heteroatoms. The third-order valence-electron chi connectivity index (χ3n) is 3.53. The van der Waals surface area contributed by atoms with Crippen LogP contribution in [0.4, 0.5) is 0 Å². The molecule has 2 aromatic rings. The zero-order valence-corrected chi connectivity index (χ0v) is 16.5. The molecule has 0 saturated heterocycles. The Kier molecular flexibility index (Phi) is 6.85. The molecule has 0 unspecified atom stereocenters. The minimum Gasteiger partial charge on any atom is -0.497 e. The third kappa shape index (κ3) is 5.36. The summed E-state index contributed by atoms with van der Waals surface area (Å²) in [4.78, 5) is 29.2. The summed E-state index contributed by atoms with van der Waals surface area (Å²) >= 11 is 1.48. The Balaban J connectivity index is 2.27. The molecular weight excluding hydrogens is 352 g/mol. The van der Waals surface area contributed by atoms with Crippen molar-refractivity contribution < 1.29 is 19.1 Å². The number of nitrogens with one attached hydrogen (secondary N) is 1. The van der Waals surface area contributed by atoms with Crippen molar-refractivity contribution >= 4 is 34.5 Å². The van der Waals surface area contributed by atoms with Crippen LogP contribution >= 0.6 is 11.8 Å². The van der Waals surface area contributed by atoms with Crippen molar-refractivity contribution in [3.05, 3.63) is 30.0 Å². The first-order valence-corrected chi connectivity index (χ1v) is 9.34. The number of hydrogen-bond donors (Lipinski definition) is 1. The number of pyridine rings is 1. The molecule has 6 nitrogen and oxygen atoms in total. The molecule has 1 atom stereocenters. The molecular formula is C19H24N2O4S. The summed E-state index contributed by atoms with van der Waals surface area (Å²) < 4.78 is 10.5. The van der Waals surface area contributed by atoms with Crippen LogP contribution in [0.2, 0.25) is 0 Å². The molecule has 0 fully saturated rings. The van der Waals surface area contributed by atoms with E-state index in [1.807, 2.05) is 31.2 Å². The fraction of sp³-hybridized carbons (Fsp3) is 0.421. The maximum atomic E-state index is 12.3. The number of carbonyl (C=O) groups excluding carboxylic acids is 2. The molecule has 0 saturated carbocycles. The number of carbonyl (C=O) groups is 2. The van der Waals surface area contributed by atoms with Crippen molar-refractivity contribution in [3.8, 4) is 5.75 Å². The maximum Gasteiger partial charge on any atom is 0.329 e. The van der Waals surface area contributed by atoms with Crippen LogP contribution in [0, 0.1) is 6.92 Å². The van der Waals surface area contributed by atoms with Gasteiger partial charge in [-0.2, -0.15) is 0 Å². The molecule has 1 amide bonds. The summed E-state index contributed by atoms with van der Waals surface area (Å²) in [7, 11) is 1.62. The summed E-state index contributed by atoms with van der Waals surface area (Å²) in [5, 5.41) is 3.61. The maximum absolute atomic E-state index is 12.3. The quantitative estimate of drug-likeness (QED) is 0.591. The normalized spacial score (nSPS) is 12.1. The number of methoxy groups -OCH3 is 1. The predicted molar refractivity (Wildman–Crippen MR) is 103 cm³/mol. The van der Waals surface area contributed by atoms with Crippen molar-refractivity contribution in [2.45, 2.75) is 44.7 Å². The van der Waals surface area contributed by atoms with E-state index in [9.17, 15) is 9.59 Å². The molecule has 1 heterocycles. The molecule has 1 aromatic heterocycles. The molecule has 2 rings (SSSR count). The van der Waals surface area contributed by atoms with E-state index >= 15 is 0 Å². The number of hydrogen-bond acceptors (Lipinski definition) is 6. The molecule has 0 radical (unpaired) electrons. The lowest BCUT2D eigenvalue weighted by Gasteiger charge is -2.18. The van der Waals surface area contributed by atoms with Gasteiger partial charge in [-0.05, 0) is 45.0 Å². The van der Waals surface area contributed by atoms with Gasteiger partial charge in [0, 0.05) is 28.7 Å². The summed E-state index contributed by atoms with van der Waals surface area (Å²) in [5.41, 5.74) is 1.74. The second-order valence-electron chi connectivity index (χ2n) is 6.19. The molecule has 0 aliphatic carbocycles. The van der Waals surface area contributed by atoms with E-state index in [0.717, 1.165) is 27.2 Å². The van der Waals surface area contributed by atoms with Crippen molar-refractivity contribution in [1.29, 1.82) is 0 Å². The highest BCUT2D eigenvalue weighted by Gasteiger charge is 2.23. The lowest BCUT2D eigenvalue weighted by Crippen LogP contribution is -2.43. The largest absolute Gasteiger partial charge is 0.497 e. The minimum absolute atomic E-state index is 0.239. The van der Waals surface area contributed by atoms with Gasteiger partial charge in [-0.15, -0.1) is 11.8 Å². The molecule has 26 heavy (non-hydrogen) atoms. The second-order valence-corrected chi connectivity index (χ2v) is 7.26. The third-order valence-corrected chi connectivity index (χ3v) is 4.67. The lowest BCUT2D eigenvalue weighted by molar-refractivity contribution is -0.150. The number of aryl methyl sites for hydroxylation is 1. The second kappa shape index (κ2) is 8.89. The van der Waals surface area contributed by atoms with Crippen LogP contribution in [0.3, 0.4) is 0 Å². The van der Waals surface area contributed by atoms with Gasteiger partial charge in [0.25, 0.3) is 0 Å². The van der Waals surface area contributed by atoms with E-state index in [4.69, 9.17) is 9.47 Å². The molecule has 0 aliphatic rings. The van der Waals surface area contributed by atoms with Crippen LogP contribution in [0.15, 0.2) is 29.2 Å². The number of aromatic nitrogens is 1. The summed E-state index contributed by atoms with van der Waals surface area (Å²) in [6.07, 6.45) is -0.239. The van der Waals surface area contributed by atoms with Gasteiger partial charge in [0.2, 0.25) is 5.91 Å². The fourth-order valence-electron chi connectivity index (χ4n) is 2.45. The summed E-state index contributed by atoms with van der Waals surface area (Å²) in [5.74, 6) is 0.396. The van der Waals surface area contributed by atoms with Gasteiger partial charge in [-0.3, -0.25) is 9.78 Å². The van der Waals surface area contributed by atoms with Gasteiger partial charge in [0.1, 0.15) is 11.8 Å². The van der Waals surface area contributed by atoms with Crippen LogP contribution in [0.25, 0.3) is 10.9 Å². The van der Waals surface area contributed by atoms with Crippen LogP contribution in [-0.4, -0.2) is 41.9 Å². The standard InChI is InChI=1S/C19H24N2O4S/c1-11(2)25-19(23)17(21-13(4)22)10-26-18-8-12(3)20-16-7-6-14(24-5)9-15(16)18/h6-9,11,17H,10H2,1-5H3,(H,21,22)/t17-/m1/s1. The first kappa shape index (κ1) is 20.0. The van der Waals surface area contributed by atoms with Gasteiger partial charge in [0.05, 0.1) is 18.7 Å². The Morgan fingerprint density at radius 2 is 2.00 bits per heavy atom. The number of thioether (sulfide) groups is 1. The zero-order valence-electron chi connectivity index (χ0n) is 15.7. The van der Waals surface area contributed by atoms with Crippen LogP contribution in [-0.2, 0) is 14.3 Å². The molecule has 0 spiro atoms. The average molecular weight is 376 g/mol. The number of amides is 1. The number of nitrogens with zero attached hydrogens (tertiary/aromatic N) is 1. The van der Waals surface area contributed by atoms with E-state index < -0.39 is 12.0 Å². The van der Waals surface area contributed by atoms with Crippen LogP contribution in [0.1, 0.15) is 26.5 Å². The van der Waals surface area contributed by atoms with Crippen LogP contribution in [0.5, 0.6) is 5.75 Å². The molecule has 1 N–H and O–H groups in total. The monoisotopic (exact) mass is 376 g/mol. The Labute approximate surface area is 157 Å². The Morgan fingerprint density at radius 1 is 1.27 bits per heavy atom. The molecule has 1 aromatic carbocycles. The average Bonchev–Trinajstić information content (AvgIpc) is 2.56. The highest BCUT2D eigenvalue weighted by molar-refractivity contribution is 7.99. The Morgan fingerprint density at radius 3 is 2.62 bits per heavy atom. The van der Waals surface area contributed by atoms with E-state index in [0.29, 0.717) is 5.75 Å². The predicted octanol–water partition coefficient (Wildman–Crippen LogP) is 3.10. The number of esters is 1. The summed E-state index contributed by atoms with van der Waals surface area (Å²) in [6.45, 7) is 6.87. The fourth-order valence-corrected chi connectivity index (χ4v) is 3.59. The zero-order chi connectivity index (χ0) is 19.3. The first-order chi connectivity index (χ1) is 12.3. The van der Waals surface area contributed by atoms with Crippen molar-refractivity contribution in [1.82, 2.24) is 10.3 Å². The van der Waals surface area contributed by atoms with Gasteiger partial charge >= 0.3 is 5.97 Å². The number of ether oxygens (including phenoxy) is 2. The number of benzene rings is 1. The van der Waals surface area contributed by atoms with Crippen molar-refractivity contribution in [3.63, 3.8) is 0 Å². The number of rotatable bonds is 7. The van der Waals surface area contributed by atoms with E-state index in [1.165, 1.54) is 18.7 Å². The SMILES string of the molecule is COc1ccc2nc(C)cc(SC[C@@H](NC(C)=O)C(=O)OC(C)C)c2c1. The first-order valence-electron chi connectivity index (χ1n) is 8.36. The molecule has 0 aliphatic heterocycles. The van der Waals surface area contributed by atoms with E-state index in [-0.39, 0.29) is 12.0 Å². The van der Waals surface area contributed by atoms with Gasteiger partial charge in [-0.25, -0.2) is 4.79 Å². The smallest absolute Gasteiger partial charge is 0.329 e. The highest BCUT2D eigenvalue weighted by Crippen LogP contribution is 2.31. The molecule has 0 bridgehead atoms.